The van der Waals surface area contributed by atoms with Crippen molar-refractivity contribution in [2.75, 3.05) is 34.5 Å². The Morgan fingerprint density at radius 2 is 1.77 bits per heavy atom. The molecule has 0 saturated carbocycles. The molecule has 8 nitrogen and oxygen atoms in total. The molecule has 2 unspecified atom stereocenters. The lowest BCUT2D eigenvalue weighted by molar-refractivity contribution is -0.127. The summed E-state index contributed by atoms with van der Waals surface area (Å²) in [5.41, 5.74) is 1.46. The van der Waals surface area contributed by atoms with Crippen LogP contribution in [0, 0.1) is 5.92 Å². The van der Waals surface area contributed by atoms with Crippen molar-refractivity contribution in [2.24, 2.45) is 10.9 Å². The smallest absolute Gasteiger partial charge is 0.172 e. The molecule has 0 amide bonds. The van der Waals surface area contributed by atoms with Gasteiger partial charge in [-0.25, -0.2) is 0 Å². The molecular formula is C26H29NO7S. The number of allylic oxidation sites excluding steroid dienone is 1. The molecule has 1 fully saturated rings. The Hall–Kier alpha value is -3.30. The number of hydrogen-bond acceptors (Lipinski definition) is 9. The molecule has 0 aromatic heterocycles. The fourth-order valence-electron chi connectivity index (χ4n) is 3.65. The van der Waals surface area contributed by atoms with Gasteiger partial charge in [0.05, 0.1) is 19.3 Å². The molecule has 1 heterocycles. The largest absolute Gasteiger partial charge is 0.504 e. The van der Waals surface area contributed by atoms with Gasteiger partial charge in [0.1, 0.15) is 5.92 Å². The number of carbonyl (C=O) groups is 2. The first-order valence-corrected chi connectivity index (χ1v) is 11.9. The first-order valence-electron chi connectivity index (χ1n) is 11.1. The average molecular weight is 500 g/mol. The van der Waals surface area contributed by atoms with Crippen molar-refractivity contribution in [3.8, 4) is 23.0 Å². The second-order valence-corrected chi connectivity index (χ2v) is 9.10. The van der Waals surface area contributed by atoms with E-state index in [1.54, 1.807) is 37.5 Å². The van der Waals surface area contributed by atoms with Crippen LogP contribution >= 0.6 is 11.8 Å². The molecule has 1 aliphatic heterocycles. The minimum absolute atomic E-state index is 0.00258. The van der Waals surface area contributed by atoms with Crippen LogP contribution in [0.1, 0.15) is 29.2 Å². The predicted octanol–water partition coefficient (Wildman–Crippen LogP) is 4.20. The first-order chi connectivity index (χ1) is 16.9. The SMILES string of the molecule is COCCCN=C1SC(c2ccc(O)c(OC)c2)CC(=O)C1C(=O)/C=C/c1ccc(O)c(OC)c1. The highest BCUT2D eigenvalue weighted by Crippen LogP contribution is 2.43. The van der Waals surface area contributed by atoms with Gasteiger partial charge in [-0.1, -0.05) is 18.2 Å². The van der Waals surface area contributed by atoms with Crippen molar-refractivity contribution in [3.63, 3.8) is 0 Å². The van der Waals surface area contributed by atoms with Crippen molar-refractivity contribution in [2.45, 2.75) is 18.1 Å². The van der Waals surface area contributed by atoms with Crippen molar-refractivity contribution in [1.82, 2.24) is 0 Å². The minimum atomic E-state index is -0.979. The van der Waals surface area contributed by atoms with Crippen molar-refractivity contribution in [1.29, 1.82) is 0 Å². The standard InChI is InChI=1S/C26H29NO7S/c1-32-12-4-11-27-26-25(20(30)9-6-16-5-8-18(28)22(13-16)33-2)21(31)15-24(35-26)17-7-10-19(29)23(14-17)34-3/h5-10,13-14,24-25,28-29H,4,11-12,15H2,1-3H3/b9-6+,27-26?. The third-order valence-electron chi connectivity index (χ3n) is 5.50. The van der Waals surface area contributed by atoms with E-state index in [2.05, 4.69) is 4.99 Å². The number of aliphatic imine (C=N–C) groups is 1. The zero-order valence-electron chi connectivity index (χ0n) is 19.9. The van der Waals surface area contributed by atoms with Crippen LogP contribution < -0.4 is 9.47 Å². The zero-order valence-corrected chi connectivity index (χ0v) is 20.7. The van der Waals surface area contributed by atoms with Crippen LogP contribution in [0.5, 0.6) is 23.0 Å². The van der Waals surface area contributed by atoms with Gasteiger partial charge < -0.3 is 24.4 Å². The highest BCUT2D eigenvalue weighted by molar-refractivity contribution is 8.14. The Morgan fingerprint density at radius 3 is 2.46 bits per heavy atom. The van der Waals surface area contributed by atoms with Gasteiger partial charge in [0.25, 0.3) is 0 Å². The predicted molar refractivity (Wildman–Crippen MR) is 136 cm³/mol. The molecule has 3 rings (SSSR count). The summed E-state index contributed by atoms with van der Waals surface area (Å²) in [6.07, 6.45) is 3.76. The van der Waals surface area contributed by atoms with Crippen LogP contribution in [0.3, 0.4) is 0 Å². The molecule has 35 heavy (non-hydrogen) atoms. The number of phenols is 2. The van der Waals surface area contributed by atoms with E-state index >= 15 is 0 Å². The molecule has 186 valence electrons. The quantitative estimate of drug-likeness (QED) is 0.284. The summed E-state index contributed by atoms with van der Waals surface area (Å²) in [6.45, 7) is 0.951. The third-order valence-corrected chi connectivity index (χ3v) is 6.83. The average Bonchev–Trinajstić information content (AvgIpc) is 2.86. The van der Waals surface area contributed by atoms with E-state index in [1.807, 2.05) is 0 Å². The van der Waals surface area contributed by atoms with Crippen LogP contribution in [0.4, 0.5) is 0 Å². The van der Waals surface area contributed by atoms with Gasteiger partial charge in [-0.2, -0.15) is 0 Å². The number of nitrogens with zero attached hydrogens (tertiary/aromatic N) is 1. The highest BCUT2D eigenvalue weighted by atomic mass is 32.2. The molecule has 1 aliphatic rings. The summed E-state index contributed by atoms with van der Waals surface area (Å²) in [4.78, 5) is 30.9. The van der Waals surface area contributed by atoms with Crippen molar-refractivity contribution in [3.05, 3.63) is 53.6 Å². The van der Waals surface area contributed by atoms with Crippen molar-refractivity contribution >= 4 is 34.4 Å². The number of Topliss-reactive ketones (excluding diaryl/α,β-unsaturated/α-hetero) is 1. The van der Waals surface area contributed by atoms with Gasteiger partial charge in [-0.05, 0) is 47.9 Å². The van der Waals surface area contributed by atoms with Gasteiger partial charge >= 0.3 is 0 Å². The maximum atomic E-state index is 13.2. The summed E-state index contributed by atoms with van der Waals surface area (Å²) in [6, 6.07) is 9.69. The van der Waals surface area contributed by atoms with E-state index in [4.69, 9.17) is 14.2 Å². The maximum Gasteiger partial charge on any atom is 0.172 e. The number of ketones is 2. The first kappa shape index (κ1) is 26.3. The summed E-state index contributed by atoms with van der Waals surface area (Å²) in [7, 11) is 4.51. The monoisotopic (exact) mass is 499 g/mol. The Balaban J connectivity index is 1.85. The number of thioether (sulfide) groups is 1. The lowest BCUT2D eigenvalue weighted by Gasteiger charge is -2.28. The van der Waals surface area contributed by atoms with E-state index in [9.17, 15) is 19.8 Å². The Labute approximate surface area is 208 Å². The number of phenolic OH excluding ortho intramolecular Hbond substituents is 2. The molecule has 2 aromatic carbocycles. The molecule has 2 N–H and O–H groups in total. The van der Waals surface area contributed by atoms with Crippen LogP contribution in [0.25, 0.3) is 6.08 Å². The maximum absolute atomic E-state index is 13.2. The fourth-order valence-corrected chi connectivity index (χ4v) is 5.02. The number of benzene rings is 2. The summed E-state index contributed by atoms with van der Waals surface area (Å²) >= 11 is 1.38. The number of aromatic hydroxyl groups is 2. The molecule has 2 aromatic rings. The van der Waals surface area contributed by atoms with E-state index in [1.165, 1.54) is 44.2 Å². The van der Waals surface area contributed by atoms with Gasteiger partial charge in [-0.3, -0.25) is 14.6 Å². The van der Waals surface area contributed by atoms with Crippen LogP contribution in [-0.2, 0) is 14.3 Å². The molecule has 2 atom stereocenters. The minimum Gasteiger partial charge on any atom is -0.504 e. The number of methoxy groups -OCH3 is 3. The number of hydrogen-bond donors (Lipinski definition) is 2. The van der Waals surface area contributed by atoms with Gasteiger partial charge in [0, 0.05) is 31.9 Å². The highest BCUT2D eigenvalue weighted by Gasteiger charge is 2.39. The molecule has 0 spiro atoms. The second-order valence-electron chi connectivity index (χ2n) is 7.87. The van der Waals surface area contributed by atoms with Crippen LogP contribution in [0.15, 0.2) is 47.5 Å². The molecule has 0 aliphatic carbocycles. The fraction of sp³-hybridized carbons (Fsp3) is 0.346. The van der Waals surface area contributed by atoms with E-state index in [0.717, 1.165) is 5.56 Å². The lowest BCUT2D eigenvalue weighted by Crippen LogP contribution is -2.34. The van der Waals surface area contributed by atoms with Crippen LogP contribution in [0.2, 0.25) is 0 Å². The zero-order chi connectivity index (χ0) is 25.4. The summed E-state index contributed by atoms with van der Waals surface area (Å²) < 4.78 is 15.4. The Morgan fingerprint density at radius 1 is 1.09 bits per heavy atom. The normalized spacial score (nSPS) is 19.3. The van der Waals surface area contributed by atoms with Crippen molar-refractivity contribution < 1.29 is 34.0 Å². The van der Waals surface area contributed by atoms with E-state index < -0.39 is 5.92 Å². The lowest BCUT2D eigenvalue weighted by atomic mass is 9.93. The topological polar surface area (TPSA) is 115 Å². The summed E-state index contributed by atoms with van der Waals surface area (Å²) in [5.74, 6) is -0.937. The Bertz CT molecular complexity index is 1130. The van der Waals surface area contributed by atoms with Crippen LogP contribution in [-0.4, -0.2) is 61.3 Å². The number of ether oxygens (including phenoxy) is 3. The number of rotatable bonds is 10. The molecular weight excluding hydrogens is 470 g/mol. The molecule has 0 radical (unpaired) electrons. The second kappa shape index (κ2) is 12.4. The van der Waals surface area contributed by atoms with Gasteiger partial charge in [-0.15, -0.1) is 11.8 Å². The summed E-state index contributed by atoms with van der Waals surface area (Å²) in [5, 5.41) is 19.9. The molecule has 9 heteroatoms. The van der Waals surface area contributed by atoms with E-state index in [0.29, 0.717) is 35.9 Å². The van der Waals surface area contributed by atoms with Gasteiger partial charge in [0.2, 0.25) is 0 Å². The Kier molecular flexibility index (Phi) is 9.33. The molecule has 0 bridgehead atoms. The van der Waals surface area contributed by atoms with E-state index in [-0.39, 0.29) is 40.5 Å². The molecule has 1 saturated heterocycles. The number of carbonyl (C=O) groups excluding carboxylic acids is 2. The van der Waals surface area contributed by atoms with Gasteiger partial charge in [0.15, 0.2) is 34.6 Å². The third kappa shape index (κ3) is 6.64.